The Balaban J connectivity index is 2.17. The molecule has 1 atom stereocenters. The molecule has 4 rings (SSSR count). The maximum Gasteiger partial charge on any atom is 0.0232 e. The molecule has 39 heavy (non-hydrogen) atoms. The van der Waals surface area contributed by atoms with Crippen LogP contribution in [0.4, 0.5) is 0 Å². The van der Waals surface area contributed by atoms with Crippen LogP contribution in [0.3, 0.4) is 0 Å². The molecular weight excluding hydrogens is 468 g/mol. The van der Waals surface area contributed by atoms with Crippen molar-refractivity contribution in [1.82, 2.24) is 0 Å². The highest BCUT2D eigenvalue weighted by Crippen LogP contribution is 2.61. The van der Waals surface area contributed by atoms with E-state index < -0.39 is 0 Å². The van der Waals surface area contributed by atoms with Crippen LogP contribution >= 0.6 is 0 Å². The van der Waals surface area contributed by atoms with Gasteiger partial charge in [0.15, 0.2) is 0 Å². The third-order valence-corrected chi connectivity index (χ3v) is 9.57. The lowest BCUT2D eigenvalue weighted by molar-refractivity contribution is 0.297. The van der Waals surface area contributed by atoms with Crippen LogP contribution in [0.2, 0.25) is 0 Å². The first-order valence-electron chi connectivity index (χ1n) is 14.6. The monoisotopic (exact) mass is 518 g/mol. The largest absolute Gasteiger partial charge is 0.0622 e. The Kier molecular flexibility index (Phi) is 7.21. The first-order chi connectivity index (χ1) is 17.9. The summed E-state index contributed by atoms with van der Waals surface area (Å²) in [6, 6.07) is 25.6. The molecule has 1 aliphatic rings. The van der Waals surface area contributed by atoms with Crippen molar-refractivity contribution >= 4 is 11.1 Å². The van der Waals surface area contributed by atoms with Crippen molar-refractivity contribution in [3.63, 3.8) is 0 Å². The van der Waals surface area contributed by atoms with Crippen molar-refractivity contribution in [3.05, 3.63) is 117 Å². The zero-order valence-electron chi connectivity index (χ0n) is 26.9. The minimum atomic E-state index is -0.216. The third kappa shape index (κ3) is 4.97. The Morgan fingerprint density at radius 2 is 1.05 bits per heavy atom. The molecular formula is C39H50. The standard InChI is InChI=1S/C39H50/c1-25-19-26(2)21-30(20-25)35-27(3)34(29-17-15-14-16-18-29)28(4)39(13,38(35,11)12)33-23-31(36(5,6)7)22-32(24-33)37(8,9)10/h14-24H,1-13H3. The molecule has 0 radical (unpaired) electrons. The van der Waals surface area contributed by atoms with Gasteiger partial charge in [0.25, 0.3) is 0 Å². The molecule has 0 heteroatoms. The Morgan fingerprint density at radius 3 is 1.51 bits per heavy atom. The second kappa shape index (κ2) is 9.65. The molecule has 0 fully saturated rings. The molecule has 0 bridgehead atoms. The summed E-state index contributed by atoms with van der Waals surface area (Å²) in [7, 11) is 0. The number of hydrogen-bond acceptors (Lipinski definition) is 0. The Hall–Kier alpha value is -2.86. The SMILES string of the molecule is CC1=C(c2cc(C)cc(C)c2)C(C)(C)C(C)(c2cc(C(C)(C)C)cc(C(C)(C)C)c2)C(C)=C1c1ccccc1. The second-order valence-corrected chi connectivity index (χ2v) is 14.8. The maximum absolute atomic E-state index is 2.52. The molecule has 0 amide bonds. The predicted molar refractivity (Wildman–Crippen MR) is 173 cm³/mol. The summed E-state index contributed by atoms with van der Waals surface area (Å²) in [5, 5.41) is 0. The Bertz CT molecular complexity index is 1410. The van der Waals surface area contributed by atoms with E-state index in [0.29, 0.717) is 0 Å². The summed E-state index contributed by atoms with van der Waals surface area (Å²) < 4.78 is 0. The van der Waals surface area contributed by atoms with Crippen molar-refractivity contribution in [1.29, 1.82) is 0 Å². The zero-order valence-corrected chi connectivity index (χ0v) is 26.9. The molecule has 0 nitrogen and oxygen atoms in total. The lowest BCUT2D eigenvalue weighted by Gasteiger charge is -2.53. The number of aryl methyl sites for hydroxylation is 2. The van der Waals surface area contributed by atoms with Crippen molar-refractivity contribution in [3.8, 4) is 0 Å². The molecule has 0 aromatic heterocycles. The Labute approximate surface area is 239 Å². The summed E-state index contributed by atoms with van der Waals surface area (Å²) in [4.78, 5) is 0. The van der Waals surface area contributed by atoms with Crippen LogP contribution < -0.4 is 0 Å². The van der Waals surface area contributed by atoms with Crippen LogP contribution in [0, 0.1) is 19.3 Å². The fraction of sp³-hybridized carbons (Fsp3) is 0.436. The molecule has 0 saturated heterocycles. The molecule has 3 aromatic rings. The summed E-state index contributed by atoms with van der Waals surface area (Å²) in [6.07, 6.45) is 0. The third-order valence-electron chi connectivity index (χ3n) is 9.57. The van der Waals surface area contributed by atoms with Crippen LogP contribution in [0.25, 0.3) is 11.1 Å². The van der Waals surface area contributed by atoms with E-state index in [1.807, 2.05) is 0 Å². The normalized spacial score (nSPS) is 20.0. The maximum atomic E-state index is 2.52. The van der Waals surface area contributed by atoms with Gasteiger partial charge in [0, 0.05) is 10.8 Å². The van der Waals surface area contributed by atoms with Crippen molar-refractivity contribution in [2.75, 3.05) is 0 Å². The highest BCUT2D eigenvalue weighted by Gasteiger charge is 2.51. The zero-order chi connectivity index (χ0) is 29.1. The lowest BCUT2D eigenvalue weighted by atomic mass is 9.50. The van der Waals surface area contributed by atoms with Crippen LogP contribution in [0.1, 0.15) is 115 Å². The van der Waals surface area contributed by atoms with E-state index in [1.54, 1.807) is 0 Å². The molecule has 3 aromatic carbocycles. The van der Waals surface area contributed by atoms with Crippen LogP contribution in [-0.2, 0) is 16.2 Å². The fourth-order valence-corrected chi connectivity index (χ4v) is 6.94. The molecule has 0 aliphatic heterocycles. The van der Waals surface area contributed by atoms with Gasteiger partial charge < -0.3 is 0 Å². The van der Waals surface area contributed by atoms with E-state index >= 15 is 0 Å². The highest BCUT2D eigenvalue weighted by atomic mass is 14.5. The number of rotatable bonds is 3. The second-order valence-electron chi connectivity index (χ2n) is 14.8. The number of benzene rings is 3. The van der Waals surface area contributed by atoms with Gasteiger partial charge in [-0.05, 0) is 83.1 Å². The van der Waals surface area contributed by atoms with Gasteiger partial charge in [0.05, 0.1) is 0 Å². The minimum Gasteiger partial charge on any atom is -0.0622 e. The summed E-state index contributed by atoms with van der Waals surface area (Å²) in [5.41, 5.74) is 15.0. The molecule has 206 valence electrons. The average molecular weight is 519 g/mol. The molecule has 1 unspecified atom stereocenters. The van der Waals surface area contributed by atoms with Gasteiger partial charge in [-0.25, -0.2) is 0 Å². The van der Waals surface area contributed by atoms with Crippen LogP contribution in [0.5, 0.6) is 0 Å². The van der Waals surface area contributed by atoms with E-state index in [4.69, 9.17) is 0 Å². The van der Waals surface area contributed by atoms with Crippen molar-refractivity contribution in [2.45, 2.75) is 106 Å². The lowest BCUT2D eigenvalue weighted by Crippen LogP contribution is -2.45. The van der Waals surface area contributed by atoms with Crippen molar-refractivity contribution in [2.24, 2.45) is 5.41 Å². The molecule has 0 heterocycles. The Morgan fingerprint density at radius 1 is 0.564 bits per heavy atom. The van der Waals surface area contributed by atoms with Gasteiger partial charge in [-0.1, -0.05) is 146 Å². The van der Waals surface area contributed by atoms with Gasteiger partial charge in [0.2, 0.25) is 0 Å². The molecule has 0 N–H and O–H groups in total. The molecule has 0 saturated carbocycles. The number of allylic oxidation sites excluding steroid dienone is 4. The first kappa shape index (κ1) is 29.1. The van der Waals surface area contributed by atoms with E-state index in [9.17, 15) is 0 Å². The van der Waals surface area contributed by atoms with Gasteiger partial charge in [0.1, 0.15) is 0 Å². The first-order valence-corrected chi connectivity index (χ1v) is 14.6. The van der Waals surface area contributed by atoms with Gasteiger partial charge in [-0.15, -0.1) is 0 Å². The van der Waals surface area contributed by atoms with Crippen molar-refractivity contribution < 1.29 is 0 Å². The van der Waals surface area contributed by atoms with Crippen LogP contribution in [0.15, 0.2) is 77.9 Å². The summed E-state index contributed by atoms with van der Waals surface area (Å²) in [6.45, 7) is 30.7. The molecule has 1 aliphatic carbocycles. The van der Waals surface area contributed by atoms with Crippen LogP contribution in [-0.4, -0.2) is 0 Å². The topological polar surface area (TPSA) is 0 Å². The highest BCUT2D eigenvalue weighted by molar-refractivity contribution is 5.96. The van der Waals surface area contributed by atoms with E-state index in [-0.39, 0.29) is 21.7 Å². The van der Waals surface area contributed by atoms with E-state index in [0.717, 1.165) is 0 Å². The van der Waals surface area contributed by atoms with E-state index in [2.05, 4.69) is 157 Å². The van der Waals surface area contributed by atoms with E-state index in [1.165, 1.54) is 61.2 Å². The van der Waals surface area contributed by atoms with Gasteiger partial charge >= 0.3 is 0 Å². The van der Waals surface area contributed by atoms with Gasteiger partial charge in [-0.3, -0.25) is 0 Å². The summed E-state index contributed by atoms with van der Waals surface area (Å²) >= 11 is 0. The quantitative estimate of drug-likeness (QED) is 0.323. The molecule has 0 spiro atoms. The predicted octanol–water partition coefficient (Wildman–Crippen LogP) is 11.1. The fourth-order valence-electron chi connectivity index (χ4n) is 6.94. The minimum absolute atomic E-state index is 0.0628. The summed E-state index contributed by atoms with van der Waals surface area (Å²) in [5.74, 6) is 0. The van der Waals surface area contributed by atoms with Gasteiger partial charge in [-0.2, -0.15) is 0 Å². The smallest absolute Gasteiger partial charge is 0.0232 e. The average Bonchev–Trinajstić information content (AvgIpc) is 2.81. The number of hydrogen-bond donors (Lipinski definition) is 0.